The average Bonchev–Trinajstić information content (AvgIpc) is 3.08. The van der Waals surface area contributed by atoms with Crippen molar-refractivity contribution in [3.63, 3.8) is 0 Å². The number of aromatic nitrogens is 1. The lowest BCUT2D eigenvalue weighted by Gasteiger charge is -2.34. The van der Waals surface area contributed by atoms with Crippen molar-refractivity contribution < 1.29 is 4.79 Å². The van der Waals surface area contributed by atoms with Crippen LogP contribution in [0.1, 0.15) is 49.4 Å². The smallest absolute Gasteiger partial charge is 0.256 e. The number of carbonyl (C=O) groups excluding carboxylic acids is 1. The summed E-state index contributed by atoms with van der Waals surface area (Å²) in [6.45, 7) is 7.74. The second-order valence-electron chi connectivity index (χ2n) is 8.06. The summed E-state index contributed by atoms with van der Waals surface area (Å²) in [6.07, 6.45) is 8.64. The summed E-state index contributed by atoms with van der Waals surface area (Å²) in [5.74, 6) is 0.849. The summed E-state index contributed by atoms with van der Waals surface area (Å²) in [4.78, 5) is 17.7. The number of rotatable bonds is 4. The van der Waals surface area contributed by atoms with Crippen molar-refractivity contribution in [2.75, 3.05) is 32.7 Å². The molecular formula is C22H30ClN3O. The predicted octanol–water partition coefficient (Wildman–Crippen LogP) is 4.65. The molecule has 1 aliphatic carbocycles. The van der Waals surface area contributed by atoms with Gasteiger partial charge in [0.15, 0.2) is 0 Å². The summed E-state index contributed by atoms with van der Waals surface area (Å²) >= 11 is 6.57. The number of amides is 1. The molecule has 1 aromatic heterocycles. The van der Waals surface area contributed by atoms with Crippen molar-refractivity contribution in [1.29, 1.82) is 0 Å². The fraction of sp³-hybridized carbons (Fsp3) is 0.591. The highest BCUT2D eigenvalue weighted by molar-refractivity contribution is 6.35. The molecule has 1 aromatic carbocycles. The number of carbonyl (C=O) groups is 1. The number of hydrogen-bond donors (Lipinski definition) is 0. The van der Waals surface area contributed by atoms with Crippen LogP contribution < -0.4 is 0 Å². The molecule has 4 nitrogen and oxygen atoms in total. The van der Waals surface area contributed by atoms with E-state index in [4.69, 9.17) is 11.6 Å². The van der Waals surface area contributed by atoms with E-state index in [1.807, 2.05) is 23.1 Å². The minimum Gasteiger partial charge on any atom is -0.345 e. The number of likely N-dealkylation sites (N-methyl/N-ethyl adjacent to an activating group) is 1. The van der Waals surface area contributed by atoms with Gasteiger partial charge in [0.25, 0.3) is 5.91 Å². The zero-order valence-corrected chi connectivity index (χ0v) is 17.0. The summed E-state index contributed by atoms with van der Waals surface area (Å²) in [5.41, 5.74) is 1.84. The number of fused-ring (bicyclic) bond motifs is 1. The van der Waals surface area contributed by atoms with Crippen molar-refractivity contribution in [3.8, 4) is 0 Å². The molecule has 146 valence electrons. The van der Waals surface area contributed by atoms with E-state index >= 15 is 0 Å². The van der Waals surface area contributed by atoms with Gasteiger partial charge in [0, 0.05) is 44.3 Å². The fourth-order valence-electron chi connectivity index (χ4n) is 4.71. The maximum absolute atomic E-state index is 13.3. The Balaban J connectivity index is 1.62. The first-order valence-corrected chi connectivity index (χ1v) is 10.8. The molecule has 1 amide bonds. The molecule has 5 heteroatoms. The zero-order chi connectivity index (χ0) is 18.8. The van der Waals surface area contributed by atoms with Gasteiger partial charge < -0.3 is 14.4 Å². The van der Waals surface area contributed by atoms with Gasteiger partial charge in [-0.1, -0.05) is 49.9 Å². The zero-order valence-electron chi connectivity index (χ0n) is 16.3. The van der Waals surface area contributed by atoms with Gasteiger partial charge in [-0.25, -0.2) is 0 Å². The van der Waals surface area contributed by atoms with Crippen LogP contribution in [0, 0.1) is 5.92 Å². The van der Waals surface area contributed by atoms with Crippen LogP contribution >= 0.6 is 11.6 Å². The van der Waals surface area contributed by atoms with E-state index in [1.54, 1.807) is 0 Å². The van der Waals surface area contributed by atoms with Crippen LogP contribution in [0.4, 0.5) is 0 Å². The molecule has 2 aromatic rings. The van der Waals surface area contributed by atoms with Gasteiger partial charge in [-0.3, -0.25) is 4.79 Å². The van der Waals surface area contributed by atoms with Crippen LogP contribution in [0.3, 0.4) is 0 Å². The van der Waals surface area contributed by atoms with E-state index in [1.165, 1.54) is 32.1 Å². The van der Waals surface area contributed by atoms with Gasteiger partial charge in [-0.15, -0.1) is 0 Å². The van der Waals surface area contributed by atoms with Crippen LogP contribution in [0.25, 0.3) is 10.9 Å². The molecule has 2 aliphatic rings. The molecule has 0 unspecified atom stereocenters. The molecule has 1 aliphatic heterocycles. The summed E-state index contributed by atoms with van der Waals surface area (Å²) in [5, 5.41) is 1.75. The summed E-state index contributed by atoms with van der Waals surface area (Å²) in [7, 11) is 0. The minimum atomic E-state index is 0.153. The van der Waals surface area contributed by atoms with Crippen LogP contribution in [0.15, 0.2) is 24.4 Å². The fourth-order valence-corrected chi connectivity index (χ4v) is 5.00. The molecule has 0 N–H and O–H groups in total. The van der Waals surface area contributed by atoms with E-state index in [-0.39, 0.29) is 5.91 Å². The lowest BCUT2D eigenvalue weighted by molar-refractivity contribution is 0.0645. The first kappa shape index (κ1) is 18.8. The second kappa shape index (κ2) is 8.24. The van der Waals surface area contributed by atoms with Crippen molar-refractivity contribution >= 4 is 28.4 Å². The molecule has 4 rings (SSSR count). The van der Waals surface area contributed by atoms with Crippen LogP contribution in [0.5, 0.6) is 0 Å². The number of para-hydroxylation sites is 1. The minimum absolute atomic E-state index is 0.153. The summed E-state index contributed by atoms with van der Waals surface area (Å²) < 4.78 is 2.25. The van der Waals surface area contributed by atoms with E-state index in [0.717, 1.165) is 60.8 Å². The maximum atomic E-state index is 13.3. The SMILES string of the molecule is CCN1CCN(C(=O)c2cn(CC3CCCCC3)c3c(Cl)cccc23)CC1. The second-order valence-corrected chi connectivity index (χ2v) is 8.47. The van der Waals surface area contributed by atoms with Crippen LogP contribution in [-0.4, -0.2) is 53.0 Å². The molecule has 27 heavy (non-hydrogen) atoms. The molecule has 1 saturated heterocycles. The highest BCUT2D eigenvalue weighted by Gasteiger charge is 2.26. The lowest BCUT2D eigenvalue weighted by Crippen LogP contribution is -2.48. The number of piperazine rings is 1. The predicted molar refractivity (Wildman–Crippen MR) is 112 cm³/mol. The van der Waals surface area contributed by atoms with E-state index < -0.39 is 0 Å². The average molecular weight is 388 g/mol. The molecule has 0 bridgehead atoms. The Bertz CT molecular complexity index is 801. The third-order valence-corrected chi connectivity index (χ3v) is 6.67. The third-order valence-electron chi connectivity index (χ3n) is 6.37. The molecular weight excluding hydrogens is 358 g/mol. The first-order chi connectivity index (χ1) is 13.2. The van der Waals surface area contributed by atoms with Gasteiger partial charge in [0.2, 0.25) is 0 Å². The summed E-state index contributed by atoms with van der Waals surface area (Å²) in [6, 6.07) is 5.95. The van der Waals surface area contributed by atoms with Crippen molar-refractivity contribution in [2.24, 2.45) is 5.92 Å². The normalized spacial score (nSPS) is 19.7. The Kier molecular flexibility index (Phi) is 5.74. The lowest BCUT2D eigenvalue weighted by atomic mass is 9.89. The molecule has 2 fully saturated rings. The number of halogens is 1. The standard InChI is InChI=1S/C22H30ClN3O/c1-2-24-11-13-25(14-12-24)22(27)19-16-26(15-17-7-4-3-5-8-17)21-18(19)9-6-10-20(21)23/h6,9-10,16-17H,2-5,7-8,11-15H2,1H3. The topological polar surface area (TPSA) is 28.5 Å². The Morgan fingerprint density at radius 1 is 1.11 bits per heavy atom. The van der Waals surface area contributed by atoms with Gasteiger partial charge in [0.1, 0.15) is 0 Å². The van der Waals surface area contributed by atoms with Crippen molar-refractivity contribution in [3.05, 3.63) is 35.0 Å². The molecule has 2 heterocycles. The highest BCUT2D eigenvalue weighted by Crippen LogP contribution is 2.32. The van der Waals surface area contributed by atoms with Gasteiger partial charge in [0.05, 0.1) is 16.1 Å². The highest BCUT2D eigenvalue weighted by atomic mass is 35.5. The van der Waals surface area contributed by atoms with Crippen molar-refractivity contribution in [1.82, 2.24) is 14.4 Å². The first-order valence-electron chi connectivity index (χ1n) is 10.5. The van der Waals surface area contributed by atoms with Crippen molar-refractivity contribution in [2.45, 2.75) is 45.6 Å². The Morgan fingerprint density at radius 2 is 1.85 bits per heavy atom. The Morgan fingerprint density at radius 3 is 2.56 bits per heavy atom. The number of hydrogen-bond acceptors (Lipinski definition) is 2. The van der Waals surface area contributed by atoms with E-state index in [0.29, 0.717) is 5.92 Å². The number of benzene rings is 1. The van der Waals surface area contributed by atoms with Gasteiger partial charge in [-0.2, -0.15) is 0 Å². The van der Waals surface area contributed by atoms with Crippen LogP contribution in [-0.2, 0) is 6.54 Å². The molecule has 0 radical (unpaired) electrons. The van der Waals surface area contributed by atoms with Gasteiger partial charge in [-0.05, 0) is 31.4 Å². The largest absolute Gasteiger partial charge is 0.345 e. The third kappa shape index (κ3) is 3.88. The number of nitrogens with zero attached hydrogens (tertiary/aromatic N) is 3. The maximum Gasteiger partial charge on any atom is 0.256 e. The molecule has 1 saturated carbocycles. The Labute approximate surface area is 167 Å². The molecule has 0 spiro atoms. The Hall–Kier alpha value is -1.52. The quantitative estimate of drug-likeness (QED) is 0.763. The molecule has 0 atom stereocenters. The van der Waals surface area contributed by atoms with E-state index in [9.17, 15) is 4.79 Å². The van der Waals surface area contributed by atoms with E-state index in [2.05, 4.69) is 22.6 Å². The van der Waals surface area contributed by atoms with Gasteiger partial charge >= 0.3 is 0 Å². The monoisotopic (exact) mass is 387 g/mol. The van der Waals surface area contributed by atoms with Crippen LogP contribution in [0.2, 0.25) is 5.02 Å².